The first kappa shape index (κ1) is 8.71. The standard InChI is InChI=1S/C9H9IO/c1-7-2-3-9(10)6-8(7)4-5-11/h2-3,5-6H,4H2,1H3. The van der Waals surface area contributed by atoms with Crippen molar-refractivity contribution in [1.82, 2.24) is 0 Å². The number of carbonyl (C=O) groups is 1. The molecule has 1 aromatic carbocycles. The number of benzene rings is 1. The van der Waals surface area contributed by atoms with Crippen LogP contribution in [-0.2, 0) is 11.2 Å². The van der Waals surface area contributed by atoms with Crippen LogP contribution in [0.25, 0.3) is 0 Å². The zero-order valence-corrected chi connectivity index (χ0v) is 8.46. The number of hydrogen-bond acceptors (Lipinski definition) is 1. The third-order valence-corrected chi connectivity index (χ3v) is 2.29. The van der Waals surface area contributed by atoms with E-state index in [2.05, 4.69) is 22.6 Å². The molecule has 0 amide bonds. The van der Waals surface area contributed by atoms with Gasteiger partial charge in [-0.2, -0.15) is 0 Å². The first-order valence-corrected chi connectivity index (χ1v) is 4.50. The average Bonchev–Trinajstić information content (AvgIpc) is 1.98. The van der Waals surface area contributed by atoms with Gasteiger partial charge in [0.25, 0.3) is 0 Å². The Morgan fingerprint density at radius 2 is 2.27 bits per heavy atom. The van der Waals surface area contributed by atoms with Crippen LogP contribution in [0.15, 0.2) is 18.2 Å². The number of aldehydes is 1. The van der Waals surface area contributed by atoms with Gasteiger partial charge in [-0.05, 0) is 52.8 Å². The van der Waals surface area contributed by atoms with Crippen molar-refractivity contribution in [3.8, 4) is 0 Å². The highest BCUT2D eigenvalue weighted by atomic mass is 127. The van der Waals surface area contributed by atoms with E-state index in [1.807, 2.05) is 25.1 Å². The van der Waals surface area contributed by atoms with Crippen LogP contribution in [0.5, 0.6) is 0 Å². The van der Waals surface area contributed by atoms with E-state index < -0.39 is 0 Å². The van der Waals surface area contributed by atoms with Crippen molar-refractivity contribution in [3.63, 3.8) is 0 Å². The predicted octanol–water partition coefficient (Wildman–Crippen LogP) is 2.34. The molecular formula is C9H9IO. The normalized spacial score (nSPS) is 9.64. The Bertz CT molecular complexity index is 268. The van der Waals surface area contributed by atoms with Crippen LogP contribution in [0.1, 0.15) is 11.1 Å². The molecule has 1 aromatic rings. The van der Waals surface area contributed by atoms with Gasteiger partial charge in [0, 0.05) is 9.99 Å². The van der Waals surface area contributed by atoms with Crippen LogP contribution in [0.3, 0.4) is 0 Å². The van der Waals surface area contributed by atoms with E-state index in [-0.39, 0.29) is 0 Å². The van der Waals surface area contributed by atoms with Gasteiger partial charge in [0.1, 0.15) is 6.29 Å². The van der Waals surface area contributed by atoms with Crippen LogP contribution in [0.4, 0.5) is 0 Å². The molecule has 0 aliphatic carbocycles. The van der Waals surface area contributed by atoms with Crippen LogP contribution >= 0.6 is 22.6 Å². The molecule has 0 unspecified atom stereocenters. The van der Waals surface area contributed by atoms with Crippen molar-refractivity contribution in [2.24, 2.45) is 0 Å². The van der Waals surface area contributed by atoms with E-state index in [0.29, 0.717) is 6.42 Å². The largest absolute Gasteiger partial charge is 0.303 e. The Morgan fingerprint density at radius 1 is 1.55 bits per heavy atom. The van der Waals surface area contributed by atoms with Gasteiger partial charge in [-0.15, -0.1) is 0 Å². The summed E-state index contributed by atoms with van der Waals surface area (Å²) in [7, 11) is 0. The summed E-state index contributed by atoms with van der Waals surface area (Å²) in [5, 5.41) is 0. The van der Waals surface area contributed by atoms with Gasteiger partial charge in [0.05, 0.1) is 0 Å². The highest BCUT2D eigenvalue weighted by molar-refractivity contribution is 14.1. The molecule has 0 spiro atoms. The minimum Gasteiger partial charge on any atom is -0.303 e. The topological polar surface area (TPSA) is 17.1 Å². The lowest BCUT2D eigenvalue weighted by Crippen LogP contribution is -1.90. The van der Waals surface area contributed by atoms with Crippen LogP contribution in [-0.4, -0.2) is 6.29 Å². The SMILES string of the molecule is Cc1ccc(I)cc1CC=O. The third-order valence-electron chi connectivity index (χ3n) is 1.61. The van der Waals surface area contributed by atoms with Gasteiger partial charge in [-0.1, -0.05) is 6.07 Å². The highest BCUT2D eigenvalue weighted by Gasteiger charge is 1.96. The van der Waals surface area contributed by atoms with Gasteiger partial charge in [0.2, 0.25) is 0 Å². The first-order chi connectivity index (χ1) is 5.24. The second kappa shape index (κ2) is 3.85. The molecule has 0 aliphatic heterocycles. The molecule has 1 rings (SSSR count). The fourth-order valence-corrected chi connectivity index (χ4v) is 1.51. The molecule has 0 radical (unpaired) electrons. The minimum atomic E-state index is 0.530. The quantitative estimate of drug-likeness (QED) is 0.589. The average molecular weight is 260 g/mol. The number of carbonyl (C=O) groups excluding carboxylic acids is 1. The van der Waals surface area contributed by atoms with E-state index in [1.54, 1.807) is 0 Å². The van der Waals surface area contributed by atoms with Crippen molar-refractivity contribution < 1.29 is 4.79 Å². The smallest absolute Gasteiger partial charge is 0.124 e. The van der Waals surface area contributed by atoms with E-state index in [9.17, 15) is 4.79 Å². The van der Waals surface area contributed by atoms with Crippen LogP contribution in [0, 0.1) is 10.5 Å². The number of halogens is 1. The summed E-state index contributed by atoms with van der Waals surface area (Å²) in [6.45, 7) is 2.02. The Balaban J connectivity index is 3.01. The lowest BCUT2D eigenvalue weighted by molar-refractivity contribution is -0.107. The molecule has 0 heterocycles. The molecule has 11 heavy (non-hydrogen) atoms. The molecule has 1 nitrogen and oxygen atoms in total. The number of rotatable bonds is 2. The van der Waals surface area contributed by atoms with Gasteiger partial charge in [-0.25, -0.2) is 0 Å². The lowest BCUT2D eigenvalue weighted by Gasteiger charge is -2.00. The minimum absolute atomic E-state index is 0.530. The molecule has 0 saturated carbocycles. The summed E-state index contributed by atoms with van der Waals surface area (Å²) in [4.78, 5) is 10.2. The maximum atomic E-state index is 10.2. The fraction of sp³-hybridized carbons (Fsp3) is 0.222. The number of aryl methyl sites for hydroxylation is 1. The van der Waals surface area contributed by atoms with Crippen molar-refractivity contribution in [1.29, 1.82) is 0 Å². The maximum absolute atomic E-state index is 10.2. The van der Waals surface area contributed by atoms with E-state index in [0.717, 1.165) is 11.8 Å². The summed E-state index contributed by atoms with van der Waals surface area (Å²) < 4.78 is 1.19. The Labute approximate surface area is 79.9 Å². The van der Waals surface area contributed by atoms with Crippen molar-refractivity contribution in [3.05, 3.63) is 32.9 Å². The Morgan fingerprint density at radius 3 is 2.91 bits per heavy atom. The Kier molecular flexibility index (Phi) is 3.05. The van der Waals surface area contributed by atoms with Crippen LogP contribution in [0.2, 0.25) is 0 Å². The highest BCUT2D eigenvalue weighted by Crippen LogP contribution is 2.12. The summed E-state index contributed by atoms with van der Waals surface area (Å²) in [5.41, 5.74) is 2.32. The molecule has 0 bridgehead atoms. The zero-order chi connectivity index (χ0) is 8.27. The molecule has 0 aromatic heterocycles. The number of hydrogen-bond donors (Lipinski definition) is 0. The summed E-state index contributed by atoms with van der Waals surface area (Å²) >= 11 is 2.25. The summed E-state index contributed by atoms with van der Waals surface area (Å²) in [6, 6.07) is 6.13. The maximum Gasteiger partial charge on any atom is 0.124 e. The molecule has 0 N–H and O–H groups in total. The molecule has 2 heteroatoms. The van der Waals surface area contributed by atoms with Crippen molar-refractivity contribution in [2.75, 3.05) is 0 Å². The van der Waals surface area contributed by atoms with Gasteiger partial charge in [-0.3, -0.25) is 0 Å². The Hall–Kier alpha value is -0.380. The summed E-state index contributed by atoms with van der Waals surface area (Å²) in [5.74, 6) is 0. The van der Waals surface area contributed by atoms with E-state index in [4.69, 9.17) is 0 Å². The van der Waals surface area contributed by atoms with Crippen molar-refractivity contribution in [2.45, 2.75) is 13.3 Å². The van der Waals surface area contributed by atoms with E-state index in [1.165, 1.54) is 9.13 Å². The molecule has 0 fully saturated rings. The molecule has 58 valence electrons. The molecule has 0 saturated heterocycles. The van der Waals surface area contributed by atoms with Crippen LogP contribution < -0.4 is 0 Å². The fourth-order valence-electron chi connectivity index (χ4n) is 0.950. The predicted molar refractivity (Wildman–Crippen MR) is 53.7 cm³/mol. The monoisotopic (exact) mass is 260 g/mol. The van der Waals surface area contributed by atoms with Gasteiger partial charge >= 0.3 is 0 Å². The third kappa shape index (κ3) is 2.29. The molecular weight excluding hydrogens is 251 g/mol. The first-order valence-electron chi connectivity index (χ1n) is 3.42. The van der Waals surface area contributed by atoms with E-state index >= 15 is 0 Å². The van der Waals surface area contributed by atoms with Gasteiger partial charge < -0.3 is 4.79 Å². The zero-order valence-electron chi connectivity index (χ0n) is 6.30. The summed E-state index contributed by atoms with van der Waals surface area (Å²) in [6.07, 6.45) is 1.47. The molecule has 0 aliphatic rings. The lowest BCUT2D eigenvalue weighted by atomic mass is 10.1. The van der Waals surface area contributed by atoms with Crippen molar-refractivity contribution >= 4 is 28.9 Å². The second-order valence-corrected chi connectivity index (χ2v) is 3.69. The van der Waals surface area contributed by atoms with Gasteiger partial charge in [0.15, 0.2) is 0 Å². The second-order valence-electron chi connectivity index (χ2n) is 2.44. The molecule has 0 atom stereocenters.